The smallest absolute Gasteiger partial charge is 0.224 e. The molecule has 1 amide bonds. The van der Waals surface area contributed by atoms with Crippen LogP contribution in [0.4, 0.5) is 11.4 Å². The van der Waals surface area contributed by atoms with Gasteiger partial charge in [-0.05, 0) is 6.07 Å². The number of aromatic nitrogens is 1. The van der Waals surface area contributed by atoms with Gasteiger partial charge in [-0.2, -0.15) is 0 Å². The first-order valence-electron chi connectivity index (χ1n) is 4.63. The molecule has 4 heteroatoms. The first kappa shape index (κ1) is 8.99. The van der Waals surface area contributed by atoms with Crippen LogP contribution >= 0.6 is 0 Å². The van der Waals surface area contributed by atoms with Crippen molar-refractivity contribution in [3.8, 4) is 0 Å². The average molecular weight is 191 g/mol. The quantitative estimate of drug-likeness (QED) is 0.611. The number of hydrogen-bond acceptors (Lipinski definition) is 3. The molecule has 14 heavy (non-hydrogen) atoms. The van der Waals surface area contributed by atoms with Gasteiger partial charge in [-0.1, -0.05) is 0 Å². The summed E-state index contributed by atoms with van der Waals surface area (Å²) in [5.41, 5.74) is 1.98. The number of carbonyl (C=O) groups is 1. The zero-order chi connectivity index (χ0) is 10.1. The zero-order valence-electron chi connectivity index (χ0n) is 8.40. The Labute approximate surface area is 83.2 Å². The minimum Gasteiger partial charge on any atom is -0.371 e. The maximum absolute atomic E-state index is 11.3. The minimum atomic E-state index is 0.0763. The van der Waals surface area contributed by atoms with Gasteiger partial charge in [-0.15, -0.1) is 0 Å². The van der Waals surface area contributed by atoms with Crippen molar-refractivity contribution in [1.29, 1.82) is 0 Å². The van der Waals surface area contributed by atoms with E-state index in [2.05, 4.69) is 9.88 Å². The van der Waals surface area contributed by atoms with Gasteiger partial charge in [0.2, 0.25) is 5.91 Å². The summed E-state index contributed by atoms with van der Waals surface area (Å²) in [5, 5.41) is 0. The Hall–Kier alpha value is -1.58. The maximum Gasteiger partial charge on any atom is 0.224 e. The molecule has 2 rings (SSSR count). The fourth-order valence-electron chi connectivity index (χ4n) is 1.73. The molecule has 1 aliphatic rings. The van der Waals surface area contributed by atoms with E-state index in [1.807, 2.05) is 13.1 Å². The van der Waals surface area contributed by atoms with E-state index < -0.39 is 0 Å². The van der Waals surface area contributed by atoms with Crippen molar-refractivity contribution >= 4 is 17.3 Å². The molecule has 0 bridgehead atoms. The highest BCUT2D eigenvalue weighted by Crippen LogP contribution is 2.30. The van der Waals surface area contributed by atoms with Crippen molar-refractivity contribution in [3.05, 3.63) is 18.5 Å². The van der Waals surface area contributed by atoms with Crippen molar-refractivity contribution < 1.29 is 4.79 Å². The molecule has 0 N–H and O–H groups in total. The van der Waals surface area contributed by atoms with Gasteiger partial charge in [-0.25, -0.2) is 0 Å². The third-order valence-corrected chi connectivity index (χ3v) is 2.52. The molecule has 0 aromatic carbocycles. The third kappa shape index (κ3) is 1.32. The lowest BCUT2D eigenvalue weighted by molar-refractivity contribution is -0.116. The molecule has 1 aromatic heterocycles. The van der Waals surface area contributed by atoms with E-state index in [0.29, 0.717) is 0 Å². The first-order valence-corrected chi connectivity index (χ1v) is 4.63. The standard InChI is InChI=1S/C10H13N3O/c1-8(14)13-6-5-12(2)9-3-4-11-7-10(9)13/h3-4,7H,5-6H2,1-2H3. The Morgan fingerprint density at radius 3 is 2.93 bits per heavy atom. The van der Waals surface area contributed by atoms with Crippen molar-refractivity contribution in [3.63, 3.8) is 0 Å². The van der Waals surface area contributed by atoms with E-state index in [-0.39, 0.29) is 5.91 Å². The van der Waals surface area contributed by atoms with Gasteiger partial charge >= 0.3 is 0 Å². The highest BCUT2D eigenvalue weighted by molar-refractivity contribution is 5.96. The number of likely N-dealkylation sites (N-methyl/N-ethyl adjacent to an activating group) is 1. The summed E-state index contributed by atoms with van der Waals surface area (Å²) in [4.78, 5) is 19.3. The fraction of sp³-hybridized carbons (Fsp3) is 0.400. The maximum atomic E-state index is 11.3. The molecule has 0 saturated carbocycles. The molecule has 0 radical (unpaired) electrons. The van der Waals surface area contributed by atoms with Gasteiger partial charge in [0.25, 0.3) is 0 Å². The van der Waals surface area contributed by atoms with Crippen LogP contribution in [0, 0.1) is 0 Å². The molecule has 1 aliphatic heterocycles. The van der Waals surface area contributed by atoms with Gasteiger partial charge in [0.1, 0.15) is 0 Å². The largest absolute Gasteiger partial charge is 0.371 e. The summed E-state index contributed by atoms with van der Waals surface area (Å²) in [5.74, 6) is 0.0763. The van der Waals surface area contributed by atoms with Gasteiger partial charge in [0.15, 0.2) is 0 Å². The molecular weight excluding hydrogens is 178 g/mol. The molecular formula is C10H13N3O. The van der Waals surface area contributed by atoms with E-state index in [4.69, 9.17) is 0 Å². The van der Waals surface area contributed by atoms with Crippen LogP contribution < -0.4 is 9.80 Å². The Bertz CT molecular complexity index is 364. The van der Waals surface area contributed by atoms with E-state index in [0.717, 1.165) is 24.5 Å². The Balaban J connectivity index is 2.46. The van der Waals surface area contributed by atoms with Crippen LogP contribution in [0.3, 0.4) is 0 Å². The van der Waals surface area contributed by atoms with Crippen LogP contribution in [0.2, 0.25) is 0 Å². The van der Waals surface area contributed by atoms with Crippen LogP contribution in [0.1, 0.15) is 6.92 Å². The SMILES string of the molecule is CC(=O)N1CCN(C)c2ccncc21. The Morgan fingerprint density at radius 2 is 2.21 bits per heavy atom. The Morgan fingerprint density at radius 1 is 1.43 bits per heavy atom. The van der Waals surface area contributed by atoms with Crippen molar-refractivity contribution in [2.45, 2.75) is 6.92 Å². The van der Waals surface area contributed by atoms with Gasteiger partial charge in [0, 0.05) is 33.3 Å². The van der Waals surface area contributed by atoms with Crippen molar-refractivity contribution in [2.75, 3.05) is 29.9 Å². The second-order valence-corrected chi connectivity index (χ2v) is 3.46. The number of pyridine rings is 1. The lowest BCUT2D eigenvalue weighted by atomic mass is 10.2. The monoisotopic (exact) mass is 191 g/mol. The Kier molecular flexibility index (Phi) is 2.11. The zero-order valence-corrected chi connectivity index (χ0v) is 8.40. The minimum absolute atomic E-state index is 0.0763. The fourth-order valence-corrected chi connectivity index (χ4v) is 1.73. The lowest BCUT2D eigenvalue weighted by Crippen LogP contribution is -2.41. The predicted octanol–water partition coefficient (Wildman–Crippen LogP) is 0.884. The number of nitrogens with zero attached hydrogens (tertiary/aromatic N) is 3. The van der Waals surface area contributed by atoms with Crippen LogP contribution in [0.25, 0.3) is 0 Å². The number of hydrogen-bond donors (Lipinski definition) is 0. The molecule has 0 unspecified atom stereocenters. The summed E-state index contributed by atoms with van der Waals surface area (Å²) in [7, 11) is 2.02. The number of amides is 1. The summed E-state index contributed by atoms with van der Waals surface area (Å²) < 4.78 is 0. The number of carbonyl (C=O) groups excluding carboxylic acids is 1. The summed E-state index contributed by atoms with van der Waals surface area (Å²) in [6, 6.07) is 1.93. The van der Waals surface area contributed by atoms with Crippen molar-refractivity contribution in [1.82, 2.24) is 4.98 Å². The first-order chi connectivity index (χ1) is 6.70. The molecule has 0 aliphatic carbocycles. The van der Waals surface area contributed by atoms with E-state index >= 15 is 0 Å². The highest BCUT2D eigenvalue weighted by atomic mass is 16.2. The van der Waals surface area contributed by atoms with Crippen LogP contribution in [0.5, 0.6) is 0 Å². The van der Waals surface area contributed by atoms with E-state index in [9.17, 15) is 4.79 Å². The summed E-state index contributed by atoms with van der Waals surface area (Å²) in [6.45, 7) is 3.20. The predicted molar refractivity (Wildman–Crippen MR) is 55.5 cm³/mol. The molecule has 0 atom stereocenters. The molecule has 4 nitrogen and oxygen atoms in total. The molecule has 1 aromatic rings. The molecule has 0 spiro atoms. The van der Waals surface area contributed by atoms with Crippen LogP contribution in [-0.4, -0.2) is 31.0 Å². The van der Waals surface area contributed by atoms with Crippen LogP contribution in [0.15, 0.2) is 18.5 Å². The second kappa shape index (κ2) is 3.29. The van der Waals surface area contributed by atoms with Crippen LogP contribution in [-0.2, 0) is 4.79 Å². The number of fused-ring (bicyclic) bond motifs is 1. The number of anilines is 2. The highest BCUT2D eigenvalue weighted by Gasteiger charge is 2.22. The molecule has 2 heterocycles. The molecule has 0 fully saturated rings. The third-order valence-electron chi connectivity index (χ3n) is 2.52. The molecule has 0 saturated heterocycles. The van der Waals surface area contributed by atoms with E-state index in [1.54, 1.807) is 24.2 Å². The summed E-state index contributed by atoms with van der Waals surface area (Å²) >= 11 is 0. The second-order valence-electron chi connectivity index (χ2n) is 3.46. The average Bonchev–Trinajstić information content (AvgIpc) is 2.18. The topological polar surface area (TPSA) is 36.4 Å². The van der Waals surface area contributed by atoms with Gasteiger partial charge in [0.05, 0.1) is 17.6 Å². The molecule has 74 valence electrons. The van der Waals surface area contributed by atoms with Gasteiger partial charge < -0.3 is 9.80 Å². The summed E-state index contributed by atoms with van der Waals surface area (Å²) in [6.07, 6.45) is 3.49. The number of rotatable bonds is 0. The van der Waals surface area contributed by atoms with E-state index in [1.165, 1.54) is 0 Å². The normalized spacial score (nSPS) is 15.3. The lowest BCUT2D eigenvalue weighted by Gasteiger charge is -2.34. The van der Waals surface area contributed by atoms with Gasteiger partial charge in [-0.3, -0.25) is 9.78 Å². The van der Waals surface area contributed by atoms with Crippen molar-refractivity contribution in [2.24, 2.45) is 0 Å².